The summed E-state index contributed by atoms with van der Waals surface area (Å²) in [6.07, 6.45) is -4.67. The van der Waals surface area contributed by atoms with E-state index in [4.69, 9.17) is 9.47 Å². The van der Waals surface area contributed by atoms with Crippen LogP contribution < -0.4 is 19.7 Å². The molecule has 1 aliphatic rings. The van der Waals surface area contributed by atoms with Crippen molar-refractivity contribution < 1.29 is 32.2 Å². The zero-order valence-electron chi connectivity index (χ0n) is 11.5. The maximum atomic E-state index is 12.5. The lowest BCUT2D eigenvalue weighted by Gasteiger charge is -2.13. The van der Waals surface area contributed by atoms with E-state index < -0.39 is 22.3 Å². The fourth-order valence-electron chi connectivity index (χ4n) is 1.77. The molecule has 0 spiro atoms. The van der Waals surface area contributed by atoms with Gasteiger partial charge in [-0.1, -0.05) is 11.3 Å². The lowest BCUT2D eigenvalue weighted by molar-refractivity contribution is -0.138. The molecule has 0 saturated heterocycles. The predicted molar refractivity (Wildman–Crippen MR) is 75.0 cm³/mol. The van der Waals surface area contributed by atoms with Crippen LogP contribution in [0.1, 0.15) is 5.01 Å². The third-order valence-electron chi connectivity index (χ3n) is 2.81. The van der Waals surface area contributed by atoms with Crippen molar-refractivity contribution in [1.29, 1.82) is 0 Å². The van der Waals surface area contributed by atoms with Gasteiger partial charge in [-0.25, -0.2) is 9.69 Å². The van der Waals surface area contributed by atoms with Crippen LogP contribution in [0.4, 0.5) is 28.8 Å². The maximum Gasteiger partial charge on any atom is 0.445 e. The topological polar surface area (TPSA) is 93.7 Å². The number of alkyl halides is 3. The first-order valence-corrected chi connectivity index (χ1v) is 7.06. The van der Waals surface area contributed by atoms with Crippen LogP contribution in [0.5, 0.6) is 11.5 Å². The predicted octanol–water partition coefficient (Wildman–Crippen LogP) is 2.48. The van der Waals surface area contributed by atoms with E-state index in [0.717, 1.165) is 0 Å². The monoisotopic (exact) mass is 360 g/mol. The molecule has 0 unspecified atom stereocenters. The minimum atomic E-state index is -4.71. The van der Waals surface area contributed by atoms with E-state index >= 15 is 0 Å². The minimum Gasteiger partial charge on any atom is -0.454 e. The van der Waals surface area contributed by atoms with Crippen LogP contribution in [0.25, 0.3) is 0 Å². The largest absolute Gasteiger partial charge is 0.454 e. The average molecular weight is 360 g/mol. The number of imide groups is 1. The van der Waals surface area contributed by atoms with Crippen LogP contribution in [0.2, 0.25) is 0 Å². The number of carbonyl (C=O) groups excluding carboxylic acids is 2. The summed E-state index contributed by atoms with van der Waals surface area (Å²) in [5.41, 5.74) is 0.261. The number of anilines is 2. The Kier molecular flexibility index (Phi) is 3.97. The summed E-state index contributed by atoms with van der Waals surface area (Å²) >= 11 is 0.0734. The highest BCUT2D eigenvalue weighted by atomic mass is 32.1. The highest BCUT2D eigenvalue weighted by Crippen LogP contribution is 2.35. The van der Waals surface area contributed by atoms with Crippen molar-refractivity contribution in [3.05, 3.63) is 23.2 Å². The highest BCUT2D eigenvalue weighted by Gasteiger charge is 2.37. The number of amides is 3. The molecule has 1 aromatic carbocycles. The summed E-state index contributed by atoms with van der Waals surface area (Å²) in [6.45, 7) is 0.0399. The molecule has 2 aromatic rings. The van der Waals surface area contributed by atoms with Crippen molar-refractivity contribution in [3.63, 3.8) is 0 Å². The van der Waals surface area contributed by atoms with Crippen molar-refractivity contribution in [2.75, 3.05) is 17.0 Å². The second-order valence-electron chi connectivity index (χ2n) is 4.36. The Hall–Kier alpha value is -2.89. The highest BCUT2D eigenvalue weighted by molar-refractivity contribution is 7.15. The van der Waals surface area contributed by atoms with Gasteiger partial charge in [0.05, 0.1) is 0 Å². The van der Waals surface area contributed by atoms with Gasteiger partial charge in [0.2, 0.25) is 23.3 Å². The normalized spacial score (nSPS) is 12.8. The van der Waals surface area contributed by atoms with Gasteiger partial charge in [0.15, 0.2) is 11.5 Å². The van der Waals surface area contributed by atoms with Gasteiger partial charge in [0, 0.05) is 11.8 Å². The SMILES string of the molecule is O=CN(C(=O)Nc1ccc2c(c1)OCO2)c1nnc(C(F)(F)F)s1. The lowest BCUT2D eigenvalue weighted by atomic mass is 10.3. The number of rotatable bonds is 3. The van der Waals surface area contributed by atoms with Gasteiger partial charge >= 0.3 is 12.2 Å². The van der Waals surface area contributed by atoms with Gasteiger partial charge in [-0.2, -0.15) is 13.2 Å². The van der Waals surface area contributed by atoms with Crippen molar-refractivity contribution in [2.45, 2.75) is 6.18 Å². The summed E-state index contributed by atoms with van der Waals surface area (Å²) in [5.74, 6) is 0.875. The Morgan fingerprint density at radius 2 is 2.04 bits per heavy atom. The average Bonchev–Trinajstić information content (AvgIpc) is 3.15. The second kappa shape index (κ2) is 5.96. The third kappa shape index (κ3) is 3.08. The Morgan fingerprint density at radius 1 is 1.29 bits per heavy atom. The Balaban J connectivity index is 1.77. The number of hydrogen-bond acceptors (Lipinski definition) is 7. The minimum absolute atomic E-state index is 0.0399. The van der Waals surface area contributed by atoms with Crippen LogP contribution in [-0.2, 0) is 11.0 Å². The molecule has 3 amide bonds. The van der Waals surface area contributed by atoms with E-state index in [1.807, 2.05) is 0 Å². The fourth-order valence-corrected chi connectivity index (χ4v) is 2.44. The molecule has 0 radical (unpaired) electrons. The molecule has 1 aromatic heterocycles. The zero-order valence-corrected chi connectivity index (χ0v) is 12.3. The summed E-state index contributed by atoms with van der Waals surface area (Å²) in [6, 6.07) is 3.48. The number of aromatic nitrogens is 2. The molecule has 8 nitrogen and oxygen atoms in total. The van der Waals surface area contributed by atoms with E-state index in [1.54, 1.807) is 0 Å². The first-order valence-electron chi connectivity index (χ1n) is 6.24. The lowest BCUT2D eigenvalue weighted by Crippen LogP contribution is -2.33. The number of halogens is 3. The molecular formula is C12H7F3N4O4S. The molecule has 0 fully saturated rings. The van der Waals surface area contributed by atoms with E-state index in [1.165, 1.54) is 18.2 Å². The zero-order chi connectivity index (χ0) is 17.3. The van der Waals surface area contributed by atoms with Crippen LogP contribution in [0.3, 0.4) is 0 Å². The first-order chi connectivity index (χ1) is 11.4. The van der Waals surface area contributed by atoms with E-state index in [0.29, 0.717) is 16.4 Å². The standard InChI is InChI=1S/C12H7F3N4O4S/c13-12(14,15)9-17-18-11(24-9)19(4-20)10(21)16-6-1-2-7-8(3-6)23-5-22-7/h1-4H,5H2,(H,16,21). The van der Waals surface area contributed by atoms with Gasteiger partial charge in [0.1, 0.15) is 0 Å². The Morgan fingerprint density at radius 3 is 2.71 bits per heavy atom. The van der Waals surface area contributed by atoms with Crippen molar-refractivity contribution >= 4 is 34.6 Å². The van der Waals surface area contributed by atoms with Gasteiger partial charge in [-0.05, 0) is 12.1 Å². The smallest absolute Gasteiger partial charge is 0.445 e. The molecular weight excluding hydrogens is 353 g/mol. The number of hydrogen-bond donors (Lipinski definition) is 1. The van der Waals surface area contributed by atoms with E-state index in [2.05, 4.69) is 15.5 Å². The van der Waals surface area contributed by atoms with Crippen LogP contribution >= 0.6 is 11.3 Å². The van der Waals surface area contributed by atoms with Crippen molar-refractivity contribution in [1.82, 2.24) is 10.2 Å². The molecule has 1 aliphatic heterocycles. The quantitative estimate of drug-likeness (QED) is 0.846. The summed E-state index contributed by atoms with van der Waals surface area (Å²) in [5, 5.41) is 6.71. The molecule has 0 saturated carbocycles. The van der Waals surface area contributed by atoms with E-state index in [9.17, 15) is 22.8 Å². The molecule has 2 heterocycles. The third-order valence-corrected chi connectivity index (χ3v) is 3.78. The number of fused-ring (bicyclic) bond motifs is 1. The Bertz CT molecular complexity index is 795. The molecule has 1 N–H and O–H groups in total. The molecule has 0 atom stereocenters. The molecule has 12 heteroatoms. The molecule has 3 rings (SSSR count). The first kappa shape index (κ1) is 16.0. The van der Waals surface area contributed by atoms with E-state index in [-0.39, 0.29) is 30.2 Å². The molecule has 126 valence electrons. The fraction of sp³-hybridized carbons (Fsp3) is 0.167. The van der Waals surface area contributed by atoms with Crippen LogP contribution in [0.15, 0.2) is 18.2 Å². The molecule has 0 bridgehead atoms. The number of carbonyl (C=O) groups is 2. The Labute approximate surface area is 135 Å². The van der Waals surface area contributed by atoms with Gasteiger partial charge < -0.3 is 14.8 Å². The molecule has 0 aliphatic carbocycles. The number of nitrogens with one attached hydrogen (secondary N) is 1. The number of urea groups is 1. The summed E-state index contributed by atoms with van der Waals surface area (Å²) < 4.78 is 47.8. The van der Waals surface area contributed by atoms with Gasteiger partial charge in [-0.3, -0.25) is 4.79 Å². The van der Waals surface area contributed by atoms with Crippen LogP contribution in [0, 0.1) is 0 Å². The number of ether oxygens (including phenoxy) is 2. The summed E-state index contributed by atoms with van der Waals surface area (Å²) in [4.78, 5) is 23.5. The van der Waals surface area contributed by atoms with Gasteiger partial charge in [-0.15, -0.1) is 10.2 Å². The summed E-state index contributed by atoms with van der Waals surface area (Å²) in [7, 11) is 0. The number of benzene rings is 1. The molecule has 24 heavy (non-hydrogen) atoms. The van der Waals surface area contributed by atoms with Crippen molar-refractivity contribution in [2.24, 2.45) is 0 Å². The van der Waals surface area contributed by atoms with Crippen LogP contribution in [-0.4, -0.2) is 29.4 Å². The second-order valence-corrected chi connectivity index (χ2v) is 5.32. The number of nitrogens with zero attached hydrogens (tertiary/aromatic N) is 3. The van der Waals surface area contributed by atoms with Crippen molar-refractivity contribution in [3.8, 4) is 11.5 Å². The van der Waals surface area contributed by atoms with Gasteiger partial charge in [0.25, 0.3) is 0 Å². The maximum absolute atomic E-state index is 12.5.